The van der Waals surface area contributed by atoms with Crippen molar-refractivity contribution in [1.82, 2.24) is 10.2 Å². The highest BCUT2D eigenvalue weighted by Crippen LogP contribution is 2.29. The van der Waals surface area contributed by atoms with Gasteiger partial charge in [-0.2, -0.15) is 0 Å². The third kappa shape index (κ3) is 3.30. The number of Topliss-reactive ketones (excluding diaryl/α,β-unsaturated/α-hetero) is 1. The topological polar surface area (TPSA) is 69.7 Å². The van der Waals surface area contributed by atoms with E-state index in [1.165, 1.54) is 17.0 Å². The van der Waals surface area contributed by atoms with Gasteiger partial charge in [0.1, 0.15) is 5.82 Å². The summed E-state index contributed by atoms with van der Waals surface area (Å²) >= 11 is 0. The maximum Gasteiger partial charge on any atom is 0.300 e. The van der Waals surface area contributed by atoms with Gasteiger partial charge in [0.2, 0.25) is 5.91 Å². The highest BCUT2D eigenvalue weighted by molar-refractivity contribution is 6.52. The number of likely N-dealkylation sites (N-methyl/N-ethyl adjacent to an activating group) is 1. The van der Waals surface area contributed by atoms with Crippen LogP contribution in [-0.4, -0.2) is 49.3 Å². The van der Waals surface area contributed by atoms with E-state index in [1.807, 2.05) is 6.92 Å². The Hall–Kier alpha value is -2.28. The van der Waals surface area contributed by atoms with Gasteiger partial charge in [-0.1, -0.05) is 6.92 Å². The number of ketones is 1. The summed E-state index contributed by atoms with van der Waals surface area (Å²) in [6.45, 7) is 2.74. The third-order valence-electron chi connectivity index (χ3n) is 3.30. The van der Waals surface area contributed by atoms with E-state index in [4.69, 9.17) is 0 Å². The molecule has 1 aliphatic heterocycles. The lowest BCUT2D eigenvalue weighted by atomic mass is 10.1. The second-order valence-corrected chi connectivity index (χ2v) is 5.23. The fraction of sp³-hybridized carbons (Fsp3) is 0.400. The molecule has 1 N–H and O–H groups in total. The molecule has 1 aliphatic rings. The Labute approximate surface area is 127 Å². The molecule has 0 bridgehead atoms. The highest BCUT2D eigenvalue weighted by atomic mass is 19.1. The summed E-state index contributed by atoms with van der Waals surface area (Å²) in [5.41, 5.74) is 0.436. The Bertz CT molecular complexity index is 618. The van der Waals surface area contributed by atoms with Crippen molar-refractivity contribution in [2.45, 2.75) is 13.3 Å². The number of benzene rings is 1. The standard InChI is InChI=1S/C15H18FN3O3/c1-3-6-17-13(20)8-18(2)9-19-12-5-4-10(16)7-11(12)14(21)15(19)22/h4-5,7H,3,6,8-9H2,1-2H3,(H,17,20). The SMILES string of the molecule is CCCNC(=O)CN(C)CN1C(=O)C(=O)c2cc(F)ccc21. The van der Waals surface area contributed by atoms with Crippen molar-refractivity contribution in [2.75, 3.05) is 31.7 Å². The predicted octanol–water partition coefficient (Wildman–Crippen LogP) is 0.770. The van der Waals surface area contributed by atoms with Crippen LogP contribution in [0.15, 0.2) is 18.2 Å². The number of rotatable bonds is 6. The molecule has 0 aliphatic carbocycles. The zero-order chi connectivity index (χ0) is 16.3. The number of hydrogen-bond donors (Lipinski definition) is 1. The monoisotopic (exact) mass is 307 g/mol. The Morgan fingerprint density at radius 3 is 2.77 bits per heavy atom. The molecule has 0 aromatic heterocycles. The van der Waals surface area contributed by atoms with Crippen LogP contribution in [0.2, 0.25) is 0 Å². The third-order valence-corrected chi connectivity index (χ3v) is 3.30. The van der Waals surface area contributed by atoms with Crippen LogP contribution in [0.5, 0.6) is 0 Å². The fourth-order valence-corrected chi connectivity index (χ4v) is 2.27. The zero-order valence-electron chi connectivity index (χ0n) is 12.6. The lowest BCUT2D eigenvalue weighted by Gasteiger charge is -2.23. The first-order chi connectivity index (χ1) is 10.4. The Kier molecular flexibility index (Phi) is 4.87. The highest BCUT2D eigenvalue weighted by Gasteiger charge is 2.36. The summed E-state index contributed by atoms with van der Waals surface area (Å²) in [4.78, 5) is 38.4. The molecule has 22 heavy (non-hydrogen) atoms. The van der Waals surface area contributed by atoms with Crippen LogP contribution in [0, 0.1) is 5.82 Å². The molecule has 0 saturated heterocycles. The summed E-state index contributed by atoms with van der Waals surface area (Å²) in [6, 6.07) is 3.66. The minimum absolute atomic E-state index is 0.0637. The first-order valence-corrected chi connectivity index (χ1v) is 7.05. The molecule has 2 rings (SSSR count). The average molecular weight is 307 g/mol. The second-order valence-electron chi connectivity index (χ2n) is 5.23. The van der Waals surface area contributed by atoms with Gasteiger partial charge in [0, 0.05) is 6.54 Å². The normalized spacial score (nSPS) is 13.7. The van der Waals surface area contributed by atoms with Crippen molar-refractivity contribution in [2.24, 2.45) is 0 Å². The van der Waals surface area contributed by atoms with Crippen molar-refractivity contribution in [1.29, 1.82) is 0 Å². The fourth-order valence-electron chi connectivity index (χ4n) is 2.27. The van der Waals surface area contributed by atoms with E-state index in [0.29, 0.717) is 12.2 Å². The van der Waals surface area contributed by atoms with Gasteiger partial charge in [0.25, 0.3) is 5.78 Å². The zero-order valence-corrected chi connectivity index (χ0v) is 12.6. The van der Waals surface area contributed by atoms with E-state index < -0.39 is 17.5 Å². The molecule has 2 amide bonds. The quantitative estimate of drug-likeness (QED) is 0.788. The number of amides is 2. The average Bonchev–Trinajstić information content (AvgIpc) is 2.70. The first kappa shape index (κ1) is 16.1. The predicted molar refractivity (Wildman–Crippen MR) is 79.0 cm³/mol. The van der Waals surface area contributed by atoms with Crippen LogP contribution < -0.4 is 10.2 Å². The van der Waals surface area contributed by atoms with Crippen LogP contribution >= 0.6 is 0 Å². The van der Waals surface area contributed by atoms with E-state index in [-0.39, 0.29) is 24.7 Å². The minimum atomic E-state index is -0.724. The van der Waals surface area contributed by atoms with Crippen molar-refractivity contribution in [3.8, 4) is 0 Å². The summed E-state index contributed by atoms with van der Waals surface area (Å²) < 4.78 is 13.2. The summed E-state index contributed by atoms with van der Waals surface area (Å²) in [5.74, 6) is -2.14. The number of nitrogens with one attached hydrogen (secondary N) is 1. The van der Waals surface area contributed by atoms with Crippen LogP contribution in [0.25, 0.3) is 0 Å². The lowest BCUT2D eigenvalue weighted by molar-refractivity contribution is -0.122. The molecule has 0 unspecified atom stereocenters. The molecule has 6 nitrogen and oxygen atoms in total. The molecule has 0 saturated carbocycles. The van der Waals surface area contributed by atoms with E-state index in [9.17, 15) is 18.8 Å². The molecule has 1 aromatic rings. The van der Waals surface area contributed by atoms with Crippen molar-refractivity contribution >= 4 is 23.3 Å². The Balaban J connectivity index is 2.06. The number of anilines is 1. The largest absolute Gasteiger partial charge is 0.355 e. The van der Waals surface area contributed by atoms with Crippen LogP contribution in [0.1, 0.15) is 23.7 Å². The molecule has 0 fully saturated rings. The van der Waals surface area contributed by atoms with Crippen molar-refractivity contribution < 1.29 is 18.8 Å². The minimum Gasteiger partial charge on any atom is -0.355 e. The Morgan fingerprint density at radius 1 is 1.36 bits per heavy atom. The molecule has 118 valence electrons. The first-order valence-electron chi connectivity index (χ1n) is 7.05. The summed E-state index contributed by atoms with van der Waals surface area (Å²) in [7, 11) is 1.67. The van der Waals surface area contributed by atoms with Gasteiger partial charge < -0.3 is 5.32 Å². The van der Waals surface area contributed by atoms with Crippen LogP contribution in [-0.2, 0) is 9.59 Å². The molecule has 0 spiro atoms. The van der Waals surface area contributed by atoms with Gasteiger partial charge in [0.05, 0.1) is 24.5 Å². The van der Waals surface area contributed by atoms with Gasteiger partial charge in [-0.3, -0.25) is 24.2 Å². The van der Waals surface area contributed by atoms with Crippen molar-refractivity contribution in [3.05, 3.63) is 29.6 Å². The van der Waals surface area contributed by atoms with Gasteiger partial charge in [0.15, 0.2) is 0 Å². The van der Waals surface area contributed by atoms with E-state index in [1.54, 1.807) is 11.9 Å². The maximum absolute atomic E-state index is 13.2. The molecular weight excluding hydrogens is 289 g/mol. The molecule has 1 heterocycles. The molecule has 1 aromatic carbocycles. The number of hydrogen-bond acceptors (Lipinski definition) is 4. The van der Waals surface area contributed by atoms with Crippen LogP contribution in [0.3, 0.4) is 0 Å². The summed E-state index contributed by atoms with van der Waals surface area (Å²) in [6.07, 6.45) is 0.841. The number of fused-ring (bicyclic) bond motifs is 1. The lowest BCUT2D eigenvalue weighted by Crippen LogP contribution is -2.43. The molecule has 0 atom stereocenters. The second kappa shape index (κ2) is 6.65. The van der Waals surface area contributed by atoms with Gasteiger partial charge in [-0.15, -0.1) is 0 Å². The van der Waals surface area contributed by atoms with E-state index in [0.717, 1.165) is 12.5 Å². The number of halogens is 1. The Morgan fingerprint density at radius 2 is 2.09 bits per heavy atom. The number of carbonyl (C=O) groups is 3. The van der Waals surface area contributed by atoms with E-state index >= 15 is 0 Å². The van der Waals surface area contributed by atoms with Gasteiger partial charge >= 0.3 is 5.91 Å². The summed E-state index contributed by atoms with van der Waals surface area (Å²) in [5, 5.41) is 2.73. The maximum atomic E-state index is 13.2. The van der Waals surface area contributed by atoms with Crippen LogP contribution in [0.4, 0.5) is 10.1 Å². The molecule has 7 heteroatoms. The van der Waals surface area contributed by atoms with Crippen molar-refractivity contribution in [3.63, 3.8) is 0 Å². The number of nitrogens with zero attached hydrogens (tertiary/aromatic N) is 2. The number of carbonyl (C=O) groups excluding carboxylic acids is 3. The molecular formula is C15H18FN3O3. The molecule has 0 radical (unpaired) electrons. The van der Waals surface area contributed by atoms with E-state index in [2.05, 4.69) is 5.32 Å². The smallest absolute Gasteiger partial charge is 0.300 e. The van der Waals surface area contributed by atoms with Gasteiger partial charge in [-0.25, -0.2) is 4.39 Å². The van der Waals surface area contributed by atoms with Gasteiger partial charge in [-0.05, 0) is 31.7 Å².